The van der Waals surface area contributed by atoms with Crippen LogP contribution in [0.2, 0.25) is 0 Å². The monoisotopic (exact) mass is 405 g/mol. The van der Waals surface area contributed by atoms with Crippen LogP contribution in [0.1, 0.15) is 23.2 Å². The zero-order chi connectivity index (χ0) is 20.9. The van der Waals surface area contributed by atoms with E-state index >= 15 is 0 Å². The quantitative estimate of drug-likeness (QED) is 0.571. The SMILES string of the molecule is O=C(NCCOc1ccccc1)c1cccc(N2NC(=O)C3CC=CCC3C2=O)c1. The molecule has 1 aliphatic carbocycles. The Bertz CT molecular complexity index is 973. The van der Waals surface area contributed by atoms with Gasteiger partial charge >= 0.3 is 0 Å². The van der Waals surface area contributed by atoms with E-state index in [9.17, 15) is 14.4 Å². The lowest BCUT2D eigenvalue weighted by atomic mass is 9.80. The van der Waals surface area contributed by atoms with E-state index in [-0.39, 0.29) is 29.6 Å². The summed E-state index contributed by atoms with van der Waals surface area (Å²) in [4.78, 5) is 37.8. The van der Waals surface area contributed by atoms with Crippen molar-refractivity contribution in [1.29, 1.82) is 0 Å². The number of rotatable bonds is 6. The van der Waals surface area contributed by atoms with Crippen LogP contribution in [0.25, 0.3) is 0 Å². The Kier molecular flexibility index (Phi) is 5.79. The number of carbonyl (C=O) groups is 3. The summed E-state index contributed by atoms with van der Waals surface area (Å²) in [5.74, 6) is -0.549. The Morgan fingerprint density at radius 1 is 1.03 bits per heavy atom. The third kappa shape index (κ3) is 4.20. The molecule has 1 fully saturated rings. The van der Waals surface area contributed by atoms with Crippen LogP contribution in [0.3, 0.4) is 0 Å². The van der Waals surface area contributed by atoms with Crippen LogP contribution in [0, 0.1) is 11.8 Å². The van der Waals surface area contributed by atoms with E-state index in [0.29, 0.717) is 37.2 Å². The highest BCUT2D eigenvalue weighted by atomic mass is 16.5. The Balaban J connectivity index is 1.38. The normalized spacial score (nSPS) is 20.3. The Morgan fingerprint density at radius 3 is 2.60 bits per heavy atom. The highest BCUT2D eigenvalue weighted by Gasteiger charge is 2.42. The molecule has 0 bridgehead atoms. The molecule has 30 heavy (non-hydrogen) atoms. The molecule has 154 valence electrons. The minimum absolute atomic E-state index is 0.155. The first kappa shape index (κ1) is 19.7. The van der Waals surface area contributed by atoms with Gasteiger partial charge < -0.3 is 10.1 Å². The van der Waals surface area contributed by atoms with Crippen molar-refractivity contribution in [2.45, 2.75) is 12.8 Å². The number of fused-ring (bicyclic) bond motifs is 1. The number of anilines is 1. The molecule has 2 aliphatic rings. The van der Waals surface area contributed by atoms with E-state index in [1.54, 1.807) is 24.3 Å². The smallest absolute Gasteiger partial charge is 0.251 e. The van der Waals surface area contributed by atoms with E-state index in [4.69, 9.17) is 4.74 Å². The fraction of sp³-hybridized carbons (Fsp3) is 0.261. The molecule has 7 heteroatoms. The van der Waals surface area contributed by atoms with E-state index < -0.39 is 0 Å². The number of nitrogens with zero attached hydrogens (tertiary/aromatic N) is 1. The number of nitrogens with one attached hydrogen (secondary N) is 2. The van der Waals surface area contributed by atoms with Gasteiger partial charge in [-0.15, -0.1) is 0 Å². The molecule has 4 rings (SSSR count). The number of allylic oxidation sites excluding steroid dienone is 2. The molecule has 2 aromatic carbocycles. The van der Waals surface area contributed by atoms with Gasteiger partial charge in [0.25, 0.3) is 5.91 Å². The molecule has 7 nitrogen and oxygen atoms in total. The van der Waals surface area contributed by atoms with Crippen molar-refractivity contribution in [3.63, 3.8) is 0 Å². The largest absolute Gasteiger partial charge is 0.492 e. The number of carbonyl (C=O) groups excluding carboxylic acids is 3. The summed E-state index contributed by atoms with van der Waals surface area (Å²) in [7, 11) is 0. The van der Waals surface area contributed by atoms with E-state index in [2.05, 4.69) is 10.7 Å². The summed E-state index contributed by atoms with van der Waals surface area (Å²) in [6.07, 6.45) is 5.01. The molecule has 1 aliphatic heterocycles. The van der Waals surface area contributed by atoms with Crippen LogP contribution in [-0.2, 0) is 9.59 Å². The Hall–Kier alpha value is -3.61. The fourth-order valence-corrected chi connectivity index (χ4v) is 3.72. The van der Waals surface area contributed by atoms with Crippen molar-refractivity contribution in [3.8, 4) is 5.75 Å². The number of hydrazine groups is 1. The van der Waals surface area contributed by atoms with Crippen LogP contribution < -0.4 is 20.5 Å². The van der Waals surface area contributed by atoms with E-state index in [1.165, 1.54) is 5.01 Å². The van der Waals surface area contributed by atoms with E-state index in [1.807, 2.05) is 42.5 Å². The second kappa shape index (κ2) is 8.82. The van der Waals surface area contributed by atoms with Crippen molar-refractivity contribution in [1.82, 2.24) is 10.7 Å². The van der Waals surface area contributed by atoms with Gasteiger partial charge in [-0.25, -0.2) is 5.01 Å². The van der Waals surface area contributed by atoms with Gasteiger partial charge in [-0.3, -0.25) is 19.8 Å². The molecule has 2 atom stereocenters. The second-order valence-electron chi connectivity index (χ2n) is 7.27. The van der Waals surface area contributed by atoms with Gasteiger partial charge in [0.05, 0.1) is 24.1 Å². The number of amides is 3. The van der Waals surface area contributed by atoms with Crippen LogP contribution in [0.5, 0.6) is 5.75 Å². The lowest BCUT2D eigenvalue weighted by molar-refractivity contribution is -0.139. The average molecular weight is 405 g/mol. The topological polar surface area (TPSA) is 87.7 Å². The number of benzene rings is 2. The van der Waals surface area contributed by atoms with Crippen LogP contribution in [0.4, 0.5) is 5.69 Å². The van der Waals surface area contributed by atoms with Crippen molar-refractivity contribution in [2.75, 3.05) is 18.2 Å². The predicted octanol–water partition coefficient (Wildman–Crippen LogP) is 2.46. The summed E-state index contributed by atoms with van der Waals surface area (Å²) >= 11 is 0. The summed E-state index contributed by atoms with van der Waals surface area (Å²) in [6.45, 7) is 0.681. The lowest BCUT2D eigenvalue weighted by Crippen LogP contribution is -2.59. The van der Waals surface area contributed by atoms with Crippen LogP contribution >= 0.6 is 0 Å². The van der Waals surface area contributed by atoms with Crippen LogP contribution in [0.15, 0.2) is 66.7 Å². The van der Waals surface area contributed by atoms with Crippen molar-refractivity contribution >= 4 is 23.4 Å². The second-order valence-corrected chi connectivity index (χ2v) is 7.27. The maximum absolute atomic E-state index is 12.9. The third-order valence-corrected chi connectivity index (χ3v) is 5.29. The molecule has 0 spiro atoms. The third-order valence-electron chi connectivity index (χ3n) is 5.29. The van der Waals surface area contributed by atoms with Crippen molar-refractivity contribution in [2.24, 2.45) is 11.8 Å². The molecule has 0 saturated carbocycles. The maximum atomic E-state index is 12.9. The molecule has 1 saturated heterocycles. The Labute approximate surface area is 174 Å². The molecular weight excluding hydrogens is 382 g/mol. The molecule has 0 radical (unpaired) electrons. The van der Waals surface area contributed by atoms with E-state index in [0.717, 1.165) is 5.75 Å². The number of para-hydroxylation sites is 1. The molecule has 3 amide bonds. The first-order valence-corrected chi connectivity index (χ1v) is 9.99. The summed E-state index contributed by atoms with van der Waals surface area (Å²) in [6, 6.07) is 16.0. The van der Waals surface area contributed by atoms with Crippen LogP contribution in [-0.4, -0.2) is 30.9 Å². The molecule has 1 heterocycles. The van der Waals surface area contributed by atoms with Gasteiger partial charge in [-0.1, -0.05) is 36.4 Å². The van der Waals surface area contributed by atoms with Crippen molar-refractivity contribution < 1.29 is 19.1 Å². The highest BCUT2D eigenvalue weighted by Crippen LogP contribution is 2.32. The summed E-state index contributed by atoms with van der Waals surface area (Å²) in [5, 5.41) is 4.06. The summed E-state index contributed by atoms with van der Waals surface area (Å²) < 4.78 is 5.57. The minimum Gasteiger partial charge on any atom is -0.492 e. The van der Waals surface area contributed by atoms with Gasteiger partial charge in [0, 0.05) is 5.56 Å². The number of hydrogen-bond acceptors (Lipinski definition) is 4. The van der Waals surface area contributed by atoms with Gasteiger partial charge in [-0.05, 0) is 43.2 Å². The van der Waals surface area contributed by atoms with Gasteiger partial charge in [0.1, 0.15) is 12.4 Å². The van der Waals surface area contributed by atoms with Gasteiger partial charge in [-0.2, -0.15) is 0 Å². The summed E-state index contributed by atoms with van der Waals surface area (Å²) in [5.41, 5.74) is 3.55. The minimum atomic E-state index is -0.364. The van der Waals surface area contributed by atoms with Gasteiger partial charge in [0.15, 0.2) is 0 Å². The highest BCUT2D eigenvalue weighted by molar-refractivity contribution is 6.05. The molecule has 2 unspecified atom stereocenters. The lowest BCUT2D eigenvalue weighted by Gasteiger charge is -2.38. The Morgan fingerprint density at radius 2 is 1.80 bits per heavy atom. The fourth-order valence-electron chi connectivity index (χ4n) is 3.72. The zero-order valence-corrected chi connectivity index (χ0v) is 16.4. The molecule has 2 aromatic rings. The molecular formula is C23H23N3O4. The van der Waals surface area contributed by atoms with Gasteiger partial charge in [0.2, 0.25) is 11.8 Å². The number of hydrogen-bond donors (Lipinski definition) is 2. The first-order chi connectivity index (χ1) is 14.6. The zero-order valence-electron chi connectivity index (χ0n) is 16.4. The number of ether oxygens (including phenoxy) is 1. The molecule has 0 aromatic heterocycles. The standard InChI is InChI=1S/C23H23N3O4/c27-21(24-13-14-30-18-9-2-1-3-10-18)16-7-6-8-17(15-16)26-23(29)20-12-5-4-11-19(20)22(28)25-26/h1-10,15,19-20H,11-14H2,(H,24,27)(H,25,28). The average Bonchev–Trinajstić information content (AvgIpc) is 2.80. The molecule has 2 N–H and O–H groups in total. The predicted molar refractivity (Wildman–Crippen MR) is 112 cm³/mol. The van der Waals surface area contributed by atoms with Crippen molar-refractivity contribution in [3.05, 3.63) is 72.3 Å². The first-order valence-electron chi connectivity index (χ1n) is 9.99. The maximum Gasteiger partial charge on any atom is 0.251 e.